The molecule has 1 N–H and O–H groups in total. The van der Waals surface area contributed by atoms with Gasteiger partial charge in [-0.2, -0.15) is 0 Å². The summed E-state index contributed by atoms with van der Waals surface area (Å²) in [7, 11) is 0. The van der Waals surface area contributed by atoms with E-state index in [0.717, 1.165) is 0 Å². The van der Waals surface area contributed by atoms with Crippen molar-refractivity contribution in [3.05, 3.63) is 28.7 Å². The summed E-state index contributed by atoms with van der Waals surface area (Å²) in [6.07, 6.45) is 2.42. The first-order valence-corrected chi connectivity index (χ1v) is 6.51. The lowest BCUT2D eigenvalue weighted by atomic mass is 10.2. The fourth-order valence-corrected chi connectivity index (χ4v) is 2.37. The fraction of sp³-hybridized carbons (Fsp3) is 0.364. The van der Waals surface area contributed by atoms with Crippen molar-refractivity contribution < 1.29 is 9.90 Å². The topological polar surface area (TPSA) is 63.1 Å². The Morgan fingerprint density at radius 2 is 2.24 bits per heavy atom. The molecule has 1 aromatic rings. The lowest BCUT2D eigenvalue weighted by molar-refractivity contribution is 0.0690. The lowest BCUT2D eigenvalue weighted by Crippen LogP contribution is -2.09. The summed E-state index contributed by atoms with van der Waals surface area (Å²) in [4.78, 5) is 19.5. The molecule has 0 unspecified atom stereocenters. The smallest absolute Gasteiger partial charge is 0.340 e. The van der Waals surface area contributed by atoms with E-state index in [0.29, 0.717) is 28.7 Å². The predicted molar refractivity (Wildman–Crippen MR) is 68.8 cm³/mol. The van der Waals surface area contributed by atoms with E-state index in [2.05, 4.69) is 9.97 Å². The van der Waals surface area contributed by atoms with Crippen LogP contribution >= 0.6 is 23.4 Å². The van der Waals surface area contributed by atoms with Crippen LogP contribution in [0.25, 0.3) is 0 Å². The molecule has 17 heavy (non-hydrogen) atoms. The van der Waals surface area contributed by atoms with Crippen molar-refractivity contribution in [1.82, 2.24) is 9.97 Å². The van der Waals surface area contributed by atoms with Crippen LogP contribution in [0.4, 0.5) is 0 Å². The normalized spacial score (nSPS) is 11.0. The van der Waals surface area contributed by atoms with E-state index in [4.69, 9.17) is 16.7 Å². The largest absolute Gasteiger partial charge is 0.478 e. The summed E-state index contributed by atoms with van der Waals surface area (Å²) in [6, 6.07) is 0. The van der Waals surface area contributed by atoms with Crippen LogP contribution in [0.15, 0.2) is 16.6 Å². The molecule has 0 aliphatic carbocycles. The van der Waals surface area contributed by atoms with Crippen molar-refractivity contribution in [1.29, 1.82) is 0 Å². The average molecular weight is 273 g/mol. The van der Waals surface area contributed by atoms with Crippen molar-refractivity contribution in [2.75, 3.05) is 5.75 Å². The highest BCUT2D eigenvalue weighted by Gasteiger charge is 2.17. The Balaban J connectivity index is 3.13. The van der Waals surface area contributed by atoms with E-state index in [-0.39, 0.29) is 5.56 Å². The molecule has 0 saturated heterocycles. The second-order valence-corrected chi connectivity index (χ2v) is 4.50. The molecule has 0 bridgehead atoms. The molecule has 0 aromatic carbocycles. The molecule has 0 spiro atoms. The van der Waals surface area contributed by atoms with E-state index < -0.39 is 5.97 Å². The summed E-state index contributed by atoms with van der Waals surface area (Å²) in [6.45, 7) is 3.62. The third-order valence-electron chi connectivity index (χ3n) is 2.04. The average Bonchev–Trinajstić information content (AvgIpc) is 2.28. The van der Waals surface area contributed by atoms with E-state index in [9.17, 15) is 4.79 Å². The SMILES string of the molecule is CCc1nc(C)c(C(=O)O)c(SC/C=C/Cl)n1. The van der Waals surface area contributed by atoms with Gasteiger partial charge >= 0.3 is 5.97 Å². The van der Waals surface area contributed by atoms with Crippen molar-refractivity contribution in [2.24, 2.45) is 0 Å². The van der Waals surface area contributed by atoms with Crippen LogP contribution in [0, 0.1) is 6.92 Å². The van der Waals surface area contributed by atoms with Crippen LogP contribution in [-0.4, -0.2) is 26.8 Å². The van der Waals surface area contributed by atoms with Gasteiger partial charge in [0.15, 0.2) is 0 Å². The third-order valence-corrected chi connectivity index (χ3v) is 3.14. The Bertz CT molecular complexity index is 449. The minimum absolute atomic E-state index is 0.176. The Labute approximate surface area is 109 Å². The van der Waals surface area contributed by atoms with Crippen molar-refractivity contribution >= 4 is 29.3 Å². The first-order chi connectivity index (χ1) is 8.10. The number of carboxylic acids is 1. The Morgan fingerprint density at radius 1 is 1.53 bits per heavy atom. The van der Waals surface area contributed by atoms with E-state index >= 15 is 0 Å². The quantitative estimate of drug-likeness (QED) is 0.660. The van der Waals surface area contributed by atoms with Gasteiger partial charge in [-0.1, -0.05) is 24.6 Å². The van der Waals surface area contributed by atoms with E-state index in [1.165, 1.54) is 17.3 Å². The first-order valence-electron chi connectivity index (χ1n) is 5.09. The molecule has 0 atom stereocenters. The summed E-state index contributed by atoms with van der Waals surface area (Å²) in [5, 5.41) is 9.63. The molecular formula is C11H13ClN2O2S. The van der Waals surface area contributed by atoms with Crippen molar-refractivity contribution in [3.63, 3.8) is 0 Å². The lowest BCUT2D eigenvalue weighted by Gasteiger charge is -2.08. The van der Waals surface area contributed by atoms with Gasteiger partial charge in [-0.3, -0.25) is 0 Å². The van der Waals surface area contributed by atoms with Crippen LogP contribution in [0.3, 0.4) is 0 Å². The van der Waals surface area contributed by atoms with Crippen LogP contribution in [-0.2, 0) is 6.42 Å². The number of carboxylic acid groups (broad SMARTS) is 1. The van der Waals surface area contributed by atoms with Gasteiger partial charge in [-0.25, -0.2) is 14.8 Å². The number of aryl methyl sites for hydroxylation is 2. The fourth-order valence-electron chi connectivity index (χ4n) is 1.27. The molecule has 0 aliphatic rings. The number of aromatic nitrogens is 2. The number of halogens is 1. The minimum atomic E-state index is -0.998. The van der Waals surface area contributed by atoms with Gasteiger partial charge < -0.3 is 5.11 Å². The van der Waals surface area contributed by atoms with Gasteiger partial charge in [0, 0.05) is 17.7 Å². The zero-order valence-corrected chi connectivity index (χ0v) is 11.2. The van der Waals surface area contributed by atoms with Crippen LogP contribution in [0.1, 0.15) is 28.8 Å². The maximum absolute atomic E-state index is 11.1. The molecule has 6 heteroatoms. The number of hydrogen-bond acceptors (Lipinski definition) is 4. The Morgan fingerprint density at radius 3 is 2.76 bits per heavy atom. The van der Waals surface area contributed by atoms with Crippen LogP contribution in [0.5, 0.6) is 0 Å². The van der Waals surface area contributed by atoms with Gasteiger partial charge in [-0.05, 0) is 6.92 Å². The molecule has 1 rings (SSSR count). The highest BCUT2D eigenvalue weighted by atomic mass is 35.5. The zero-order valence-electron chi connectivity index (χ0n) is 9.61. The predicted octanol–water partition coefficient (Wildman–Crippen LogP) is 2.89. The van der Waals surface area contributed by atoms with Crippen LogP contribution in [0.2, 0.25) is 0 Å². The Kier molecular flexibility index (Phi) is 5.44. The first kappa shape index (κ1) is 14.0. The van der Waals surface area contributed by atoms with Crippen molar-refractivity contribution in [3.8, 4) is 0 Å². The highest BCUT2D eigenvalue weighted by molar-refractivity contribution is 7.99. The molecule has 1 heterocycles. The molecule has 0 aliphatic heterocycles. The number of nitrogens with zero attached hydrogens (tertiary/aromatic N) is 2. The second kappa shape index (κ2) is 6.61. The highest BCUT2D eigenvalue weighted by Crippen LogP contribution is 2.23. The standard InChI is InChI=1S/C11H13ClN2O2S/c1-3-8-13-7(2)9(11(15)16)10(14-8)17-6-4-5-12/h4-5H,3,6H2,1-2H3,(H,15,16)/b5-4+. The summed E-state index contributed by atoms with van der Waals surface area (Å²) in [5.41, 5.74) is 2.08. The molecule has 0 fully saturated rings. The van der Waals surface area contributed by atoms with E-state index in [1.54, 1.807) is 13.0 Å². The molecule has 4 nitrogen and oxygen atoms in total. The minimum Gasteiger partial charge on any atom is -0.478 e. The van der Waals surface area contributed by atoms with Gasteiger partial charge in [0.05, 0.1) is 5.69 Å². The van der Waals surface area contributed by atoms with Gasteiger partial charge in [0.2, 0.25) is 0 Å². The Hall–Kier alpha value is -1.07. The van der Waals surface area contributed by atoms with E-state index in [1.807, 2.05) is 6.92 Å². The van der Waals surface area contributed by atoms with Crippen LogP contribution < -0.4 is 0 Å². The monoisotopic (exact) mass is 272 g/mol. The molecule has 1 aromatic heterocycles. The second-order valence-electron chi connectivity index (χ2n) is 3.24. The summed E-state index contributed by atoms with van der Waals surface area (Å²) < 4.78 is 0. The van der Waals surface area contributed by atoms with Gasteiger partial charge in [-0.15, -0.1) is 11.8 Å². The van der Waals surface area contributed by atoms with Crippen molar-refractivity contribution in [2.45, 2.75) is 25.3 Å². The van der Waals surface area contributed by atoms with Gasteiger partial charge in [0.25, 0.3) is 0 Å². The molecule has 0 radical (unpaired) electrons. The maximum Gasteiger partial charge on any atom is 0.340 e. The third kappa shape index (κ3) is 3.71. The maximum atomic E-state index is 11.1. The molecular weight excluding hydrogens is 260 g/mol. The number of thioether (sulfide) groups is 1. The zero-order chi connectivity index (χ0) is 12.8. The number of aromatic carboxylic acids is 1. The molecule has 92 valence electrons. The summed E-state index contributed by atoms with van der Waals surface area (Å²) in [5.74, 6) is 0.246. The molecule has 0 amide bonds. The summed E-state index contributed by atoms with van der Waals surface area (Å²) >= 11 is 6.76. The van der Waals surface area contributed by atoms with Gasteiger partial charge in [0.1, 0.15) is 16.4 Å². The number of hydrogen-bond donors (Lipinski definition) is 1. The molecule has 0 saturated carbocycles. The number of carbonyl (C=O) groups is 1. The number of rotatable bonds is 5.